The van der Waals surface area contributed by atoms with Gasteiger partial charge in [-0.15, -0.1) is 11.8 Å². The Morgan fingerprint density at radius 2 is 1.94 bits per heavy atom. The van der Waals surface area contributed by atoms with Gasteiger partial charge in [0, 0.05) is 10.6 Å². The first kappa shape index (κ1) is 11.1. The van der Waals surface area contributed by atoms with Crippen LogP contribution in [0.2, 0.25) is 0 Å². The molecule has 0 fully saturated rings. The number of rotatable bonds is 4. The lowest BCUT2D eigenvalue weighted by atomic mass is 10.2. The largest absolute Gasteiger partial charge is 0.467 e. The Balaban J connectivity index is 1.97. The van der Waals surface area contributed by atoms with E-state index in [4.69, 9.17) is 4.42 Å². The Morgan fingerprint density at radius 3 is 2.50 bits per heavy atom. The summed E-state index contributed by atoms with van der Waals surface area (Å²) in [6.45, 7) is 2.79. The quantitative estimate of drug-likeness (QED) is 0.810. The van der Waals surface area contributed by atoms with Crippen molar-refractivity contribution in [2.24, 2.45) is 0 Å². The zero-order valence-corrected chi connectivity index (χ0v) is 10.3. The van der Waals surface area contributed by atoms with Gasteiger partial charge in [0.1, 0.15) is 5.76 Å². The van der Waals surface area contributed by atoms with Crippen LogP contribution < -0.4 is 5.32 Å². The minimum Gasteiger partial charge on any atom is -0.467 e. The smallest absolute Gasteiger partial charge is 0.125 e. The van der Waals surface area contributed by atoms with Crippen LogP contribution in [-0.4, -0.2) is 6.26 Å². The van der Waals surface area contributed by atoms with E-state index in [-0.39, 0.29) is 0 Å². The highest BCUT2D eigenvalue weighted by molar-refractivity contribution is 7.98. The standard InChI is InChI=1S/C13H15NOS/c1-10-7-8-15-13(10)9-14-11-3-5-12(16-2)6-4-11/h3-8,14H,9H2,1-2H3. The van der Waals surface area contributed by atoms with Crippen molar-refractivity contribution < 1.29 is 4.42 Å². The highest BCUT2D eigenvalue weighted by atomic mass is 32.2. The zero-order valence-electron chi connectivity index (χ0n) is 9.49. The first-order chi connectivity index (χ1) is 7.79. The van der Waals surface area contributed by atoms with Crippen molar-refractivity contribution in [3.63, 3.8) is 0 Å². The van der Waals surface area contributed by atoms with Gasteiger partial charge in [0.15, 0.2) is 0 Å². The van der Waals surface area contributed by atoms with Crippen LogP contribution in [0.15, 0.2) is 45.9 Å². The fourth-order valence-corrected chi connectivity index (χ4v) is 1.88. The number of thioether (sulfide) groups is 1. The van der Waals surface area contributed by atoms with Gasteiger partial charge in [-0.25, -0.2) is 0 Å². The molecule has 2 rings (SSSR count). The van der Waals surface area contributed by atoms with E-state index in [0.29, 0.717) is 0 Å². The molecule has 0 saturated heterocycles. The lowest BCUT2D eigenvalue weighted by Crippen LogP contribution is -1.99. The van der Waals surface area contributed by atoms with Crippen molar-refractivity contribution in [3.8, 4) is 0 Å². The van der Waals surface area contributed by atoms with Gasteiger partial charge in [0.2, 0.25) is 0 Å². The molecule has 1 heterocycles. The third-order valence-electron chi connectivity index (χ3n) is 2.51. The predicted octanol–water partition coefficient (Wildman–Crippen LogP) is 3.92. The van der Waals surface area contributed by atoms with Crippen molar-refractivity contribution >= 4 is 17.4 Å². The maximum atomic E-state index is 5.36. The summed E-state index contributed by atoms with van der Waals surface area (Å²) in [7, 11) is 0. The van der Waals surface area contributed by atoms with Crippen LogP contribution in [0, 0.1) is 6.92 Å². The molecule has 16 heavy (non-hydrogen) atoms. The highest BCUT2D eigenvalue weighted by Crippen LogP contribution is 2.18. The van der Waals surface area contributed by atoms with E-state index in [1.807, 2.05) is 6.07 Å². The first-order valence-electron chi connectivity index (χ1n) is 5.20. The number of benzene rings is 1. The molecule has 0 aliphatic carbocycles. The number of hydrogen-bond acceptors (Lipinski definition) is 3. The minimum absolute atomic E-state index is 0.734. The Kier molecular flexibility index (Phi) is 3.57. The molecule has 0 saturated carbocycles. The Hall–Kier alpha value is -1.35. The van der Waals surface area contributed by atoms with E-state index in [2.05, 4.69) is 42.8 Å². The summed E-state index contributed by atoms with van der Waals surface area (Å²) in [5.74, 6) is 0.994. The molecule has 1 aromatic heterocycles. The monoisotopic (exact) mass is 233 g/mol. The summed E-state index contributed by atoms with van der Waals surface area (Å²) < 4.78 is 5.36. The normalized spacial score (nSPS) is 10.4. The van der Waals surface area contributed by atoms with E-state index in [0.717, 1.165) is 18.0 Å². The average Bonchev–Trinajstić information content (AvgIpc) is 2.73. The molecule has 84 valence electrons. The second-order valence-electron chi connectivity index (χ2n) is 3.61. The summed E-state index contributed by atoms with van der Waals surface area (Å²) in [5, 5.41) is 3.34. The van der Waals surface area contributed by atoms with Crippen LogP contribution in [0.25, 0.3) is 0 Å². The van der Waals surface area contributed by atoms with Crippen LogP contribution in [0.1, 0.15) is 11.3 Å². The molecule has 0 unspecified atom stereocenters. The third-order valence-corrected chi connectivity index (χ3v) is 3.25. The average molecular weight is 233 g/mol. The molecule has 0 radical (unpaired) electrons. The maximum Gasteiger partial charge on any atom is 0.125 e. The molecule has 0 aliphatic heterocycles. The first-order valence-corrected chi connectivity index (χ1v) is 6.43. The van der Waals surface area contributed by atoms with Crippen molar-refractivity contribution in [2.45, 2.75) is 18.4 Å². The lowest BCUT2D eigenvalue weighted by Gasteiger charge is -2.05. The molecule has 0 bridgehead atoms. The summed E-state index contributed by atoms with van der Waals surface area (Å²) in [4.78, 5) is 1.28. The topological polar surface area (TPSA) is 25.2 Å². The number of nitrogens with one attached hydrogen (secondary N) is 1. The van der Waals surface area contributed by atoms with Gasteiger partial charge in [0.05, 0.1) is 12.8 Å². The summed E-state index contributed by atoms with van der Waals surface area (Å²) in [6, 6.07) is 10.4. The van der Waals surface area contributed by atoms with Crippen LogP contribution in [0.5, 0.6) is 0 Å². The predicted molar refractivity (Wildman–Crippen MR) is 69.0 cm³/mol. The van der Waals surface area contributed by atoms with Gasteiger partial charge < -0.3 is 9.73 Å². The summed E-state index contributed by atoms with van der Waals surface area (Å²) >= 11 is 1.75. The Bertz CT molecular complexity index is 447. The molecule has 1 N–H and O–H groups in total. The van der Waals surface area contributed by atoms with E-state index < -0.39 is 0 Å². The molecule has 0 spiro atoms. The molecular formula is C13H15NOS. The molecular weight excluding hydrogens is 218 g/mol. The fourth-order valence-electron chi connectivity index (χ4n) is 1.48. The van der Waals surface area contributed by atoms with Gasteiger partial charge in [0.25, 0.3) is 0 Å². The van der Waals surface area contributed by atoms with Gasteiger partial charge in [-0.05, 0) is 49.1 Å². The molecule has 1 aromatic carbocycles. The van der Waals surface area contributed by atoms with Crippen molar-refractivity contribution in [1.29, 1.82) is 0 Å². The van der Waals surface area contributed by atoms with E-state index in [1.54, 1.807) is 18.0 Å². The van der Waals surface area contributed by atoms with Gasteiger partial charge >= 0.3 is 0 Å². The number of hydrogen-bond donors (Lipinski definition) is 1. The SMILES string of the molecule is CSc1ccc(NCc2occc2C)cc1. The Labute approximate surface area is 100 Å². The van der Waals surface area contributed by atoms with Crippen molar-refractivity contribution in [2.75, 3.05) is 11.6 Å². The summed E-state index contributed by atoms with van der Waals surface area (Å²) in [6.07, 6.45) is 3.80. The van der Waals surface area contributed by atoms with Crippen LogP contribution in [0.3, 0.4) is 0 Å². The maximum absolute atomic E-state index is 5.36. The second kappa shape index (κ2) is 5.12. The molecule has 0 atom stereocenters. The van der Waals surface area contributed by atoms with E-state index >= 15 is 0 Å². The third kappa shape index (κ3) is 2.61. The number of furan rings is 1. The van der Waals surface area contributed by atoms with Gasteiger partial charge in [-0.3, -0.25) is 0 Å². The zero-order chi connectivity index (χ0) is 11.4. The fraction of sp³-hybridized carbons (Fsp3) is 0.231. The summed E-state index contributed by atoms with van der Waals surface area (Å²) in [5.41, 5.74) is 2.31. The lowest BCUT2D eigenvalue weighted by molar-refractivity contribution is 0.515. The van der Waals surface area contributed by atoms with Crippen LogP contribution in [0.4, 0.5) is 5.69 Å². The molecule has 2 aromatic rings. The molecule has 0 amide bonds. The second-order valence-corrected chi connectivity index (χ2v) is 4.49. The van der Waals surface area contributed by atoms with Crippen molar-refractivity contribution in [1.82, 2.24) is 0 Å². The van der Waals surface area contributed by atoms with Crippen LogP contribution >= 0.6 is 11.8 Å². The van der Waals surface area contributed by atoms with E-state index in [9.17, 15) is 0 Å². The van der Waals surface area contributed by atoms with Crippen molar-refractivity contribution in [3.05, 3.63) is 47.9 Å². The minimum atomic E-state index is 0.734. The van der Waals surface area contributed by atoms with E-state index in [1.165, 1.54) is 10.5 Å². The Morgan fingerprint density at radius 1 is 1.19 bits per heavy atom. The molecule has 3 heteroatoms. The number of anilines is 1. The van der Waals surface area contributed by atoms with Gasteiger partial charge in [-0.1, -0.05) is 0 Å². The molecule has 0 aliphatic rings. The highest BCUT2D eigenvalue weighted by Gasteiger charge is 2.01. The van der Waals surface area contributed by atoms with Gasteiger partial charge in [-0.2, -0.15) is 0 Å². The van der Waals surface area contributed by atoms with Crippen LogP contribution in [-0.2, 0) is 6.54 Å². The number of aryl methyl sites for hydroxylation is 1. The molecule has 2 nitrogen and oxygen atoms in total.